The van der Waals surface area contributed by atoms with Crippen LogP contribution in [0.5, 0.6) is 0 Å². The lowest BCUT2D eigenvalue weighted by atomic mass is 10.0. The van der Waals surface area contributed by atoms with Gasteiger partial charge in [-0.15, -0.1) is 0 Å². The van der Waals surface area contributed by atoms with E-state index in [0.29, 0.717) is 19.3 Å². The minimum Gasteiger partial charge on any atom is -0.462 e. The van der Waals surface area contributed by atoms with Crippen LogP contribution in [-0.4, -0.2) is 37.2 Å². The number of ether oxygens (including phenoxy) is 3. The molecular formula is C58H110O6. The highest BCUT2D eigenvalue weighted by Crippen LogP contribution is 2.17. The van der Waals surface area contributed by atoms with Crippen molar-refractivity contribution < 1.29 is 28.6 Å². The first-order chi connectivity index (χ1) is 31.5. The number of esters is 3. The van der Waals surface area contributed by atoms with Gasteiger partial charge in [-0.05, 0) is 44.9 Å². The Balaban J connectivity index is 4.28. The van der Waals surface area contributed by atoms with E-state index >= 15 is 0 Å². The van der Waals surface area contributed by atoms with Gasteiger partial charge in [0.2, 0.25) is 0 Å². The van der Waals surface area contributed by atoms with Crippen LogP contribution in [0.3, 0.4) is 0 Å². The molecule has 0 fully saturated rings. The monoisotopic (exact) mass is 903 g/mol. The van der Waals surface area contributed by atoms with Crippen LogP contribution >= 0.6 is 0 Å². The van der Waals surface area contributed by atoms with E-state index in [0.717, 1.165) is 57.8 Å². The van der Waals surface area contributed by atoms with Crippen LogP contribution < -0.4 is 0 Å². The first-order valence-corrected chi connectivity index (χ1v) is 28.7. The van der Waals surface area contributed by atoms with E-state index in [1.807, 2.05) is 0 Å². The third-order valence-electron chi connectivity index (χ3n) is 13.0. The van der Waals surface area contributed by atoms with E-state index in [4.69, 9.17) is 14.2 Å². The van der Waals surface area contributed by atoms with Crippen molar-refractivity contribution in [2.24, 2.45) is 0 Å². The van der Waals surface area contributed by atoms with Crippen molar-refractivity contribution in [2.75, 3.05) is 13.2 Å². The zero-order valence-electron chi connectivity index (χ0n) is 43.3. The molecule has 6 nitrogen and oxygen atoms in total. The number of carbonyl (C=O) groups excluding carboxylic acids is 3. The van der Waals surface area contributed by atoms with E-state index < -0.39 is 6.10 Å². The SMILES string of the molecule is CCCCCCCC/C=C\CCCCCCCCCCCC(=O)OC[C@H](COC(=O)CCCCCCCCCCCCCC)OC(=O)CCCCCCCCCCCCCCCCC. The van der Waals surface area contributed by atoms with Gasteiger partial charge in [0, 0.05) is 19.3 Å². The van der Waals surface area contributed by atoms with E-state index in [-0.39, 0.29) is 31.1 Å². The highest BCUT2D eigenvalue weighted by Gasteiger charge is 2.19. The molecule has 0 N–H and O–H groups in total. The Labute approximate surface area is 399 Å². The molecule has 378 valence electrons. The van der Waals surface area contributed by atoms with Crippen LogP contribution in [0, 0.1) is 0 Å². The number of rotatable bonds is 53. The van der Waals surface area contributed by atoms with Crippen LogP contribution in [0.1, 0.15) is 323 Å². The molecular weight excluding hydrogens is 793 g/mol. The van der Waals surface area contributed by atoms with E-state index in [9.17, 15) is 14.4 Å². The standard InChI is InChI=1S/C58H110O6/c1-4-7-10-13-16-19-22-25-27-28-29-30-32-33-36-39-42-45-48-51-57(60)63-54-55(53-62-56(59)50-47-44-41-38-35-24-21-18-15-12-9-6-3)64-58(61)52-49-46-43-40-37-34-31-26-23-20-17-14-11-8-5-2/h25,27,55H,4-24,26,28-54H2,1-3H3/b27-25-/t55-/m0/s1. The summed E-state index contributed by atoms with van der Waals surface area (Å²) in [5.41, 5.74) is 0. The summed E-state index contributed by atoms with van der Waals surface area (Å²) in [7, 11) is 0. The Kier molecular flexibility index (Phi) is 52.2. The predicted octanol–water partition coefficient (Wildman–Crippen LogP) is 18.9. The van der Waals surface area contributed by atoms with Gasteiger partial charge in [-0.2, -0.15) is 0 Å². The molecule has 0 bridgehead atoms. The Bertz CT molecular complexity index is 993. The lowest BCUT2D eigenvalue weighted by molar-refractivity contribution is -0.167. The van der Waals surface area contributed by atoms with Gasteiger partial charge < -0.3 is 14.2 Å². The number of carbonyl (C=O) groups is 3. The van der Waals surface area contributed by atoms with Gasteiger partial charge in [-0.25, -0.2) is 0 Å². The lowest BCUT2D eigenvalue weighted by Gasteiger charge is -2.18. The van der Waals surface area contributed by atoms with Crippen molar-refractivity contribution in [3.63, 3.8) is 0 Å². The second kappa shape index (κ2) is 53.8. The van der Waals surface area contributed by atoms with Gasteiger partial charge in [0.15, 0.2) is 6.10 Å². The van der Waals surface area contributed by atoms with Crippen molar-refractivity contribution >= 4 is 17.9 Å². The Morgan fingerprint density at radius 2 is 0.516 bits per heavy atom. The van der Waals surface area contributed by atoms with Crippen LogP contribution in [0.2, 0.25) is 0 Å². The molecule has 6 heteroatoms. The van der Waals surface area contributed by atoms with E-state index in [1.54, 1.807) is 0 Å². The van der Waals surface area contributed by atoms with Crippen molar-refractivity contribution in [3.05, 3.63) is 12.2 Å². The fraction of sp³-hybridized carbons (Fsp3) is 0.914. The Hall–Kier alpha value is -1.85. The largest absolute Gasteiger partial charge is 0.462 e. The predicted molar refractivity (Wildman–Crippen MR) is 275 cm³/mol. The number of unbranched alkanes of at least 4 members (excludes halogenated alkanes) is 40. The van der Waals surface area contributed by atoms with Crippen molar-refractivity contribution in [1.29, 1.82) is 0 Å². The maximum absolute atomic E-state index is 12.8. The van der Waals surface area contributed by atoms with Crippen LogP contribution in [0.25, 0.3) is 0 Å². The zero-order valence-corrected chi connectivity index (χ0v) is 43.3. The highest BCUT2D eigenvalue weighted by atomic mass is 16.6. The lowest BCUT2D eigenvalue weighted by Crippen LogP contribution is -2.30. The summed E-state index contributed by atoms with van der Waals surface area (Å²) in [6, 6.07) is 0. The molecule has 0 aromatic heterocycles. The normalized spacial score (nSPS) is 12.0. The second-order valence-electron chi connectivity index (χ2n) is 19.6. The molecule has 0 aliphatic heterocycles. The summed E-state index contributed by atoms with van der Waals surface area (Å²) in [5, 5.41) is 0. The van der Waals surface area contributed by atoms with E-state index in [1.165, 1.54) is 225 Å². The van der Waals surface area contributed by atoms with Crippen LogP contribution in [-0.2, 0) is 28.6 Å². The van der Waals surface area contributed by atoms with E-state index in [2.05, 4.69) is 32.9 Å². The summed E-state index contributed by atoms with van der Waals surface area (Å²) in [5.74, 6) is -0.844. The first kappa shape index (κ1) is 62.1. The summed E-state index contributed by atoms with van der Waals surface area (Å²) < 4.78 is 16.9. The Morgan fingerprint density at radius 1 is 0.297 bits per heavy atom. The van der Waals surface area contributed by atoms with Gasteiger partial charge >= 0.3 is 17.9 Å². The van der Waals surface area contributed by atoms with Gasteiger partial charge in [-0.3, -0.25) is 14.4 Å². The zero-order chi connectivity index (χ0) is 46.5. The molecule has 0 aromatic carbocycles. The van der Waals surface area contributed by atoms with Gasteiger partial charge in [0.25, 0.3) is 0 Å². The molecule has 0 radical (unpaired) electrons. The molecule has 0 spiro atoms. The minimum absolute atomic E-state index is 0.0646. The fourth-order valence-corrected chi connectivity index (χ4v) is 8.68. The molecule has 0 amide bonds. The van der Waals surface area contributed by atoms with Crippen LogP contribution in [0.4, 0.5) is 0 Å². The topological polar surface area (TPSA) is 78.9 Å². The number of hydrogen-bond acceptors (Lipinski definition) is 6. The molecule has 0 rings (SSSR count). The summed E-state index contributed by atoms with van der Waals surface area (Å²) in [6.07, 6.45) is 60.5. The third-order valence-corrected chi connectivity index (χ3v) is 13.0. The molecule has 0 heterocycles. The molecule has 0 saturated carbocycles. The third kappa shape index (κ3) is 51.1. The summed E-state index contributed by atoms with van der Waals surface area (Å²) in [6.45, 7) is 6.68. The summed E-state index contributed by atoms with van der Waals surface area (Å²) >= 11 is 0. The Morgan fingerprint density at radius 3 is 0.781 bits per heavy atom. The van der Waals surface area contributed by atoms with Crippen molar-refractivity contribution in [1.82, 2.24) is 0 Å². The smallest absolute Gasteiger partial charge is 0.306 e. The van der Waals surface area contributed by atoms with Gasteiger partial charge in [0.05, 0.1) is 0 Å². The second-order valence-corrected chi connectivity index (χ2v) is 19.6. The van der Waals surface area contributed by atoms with Gasteiger partial charge in [-0.1, -0.05) is 270 Å². The maximum Gasteiger partial charge on any atom is 0.306 e. The number of hydrogen-bond donors (Lipinski definition) is 0. The number of allylic oxidation sites excluding steroid dienone is 2. The quantitative estimate of drug-likeness (QED) is 0.0262. The van der Waals surface area contributed by atoms with Crippen molar-refractivity contribution in [3.8, 4) is 0 Å². The molecule has 1 atom stereocenters. The molecule has 0 aromatic rings. The first-order valence-electron chi connectivity index (χ1n) is 28.7. The van der Waals surface area contributed by atoms with Crippen LogP contribution in [0.15, 0.2) is 12.2 Å². The minimum atomic E-state index is -0.764. The van der Waals surface area contributed by atoms with Crippen molar-refractivity contribution in [2.45, 2.75) is 329 Å². The average Bonchev–Trinajstić information content (AvgIpc) is 3.29. The van der Waals surface area contributed by atoms with Gasteiger partial charge in [0.1, 0.15) is 13.2 Å². The maximum atomic E-state index is 12.8. The molecule has 0 unspecified atom stereocenters. The molecule has 0 saturated heterocycles. The average molecular weight is 904 g/mol. The summed E-state index contributed by atoms with van der Waals surface area (Å²) in [4.78, 5) is 38.1. The fourth-order valence-electron chi connectivity index (χ4n) is 8.68. The molecule has 0 aliphatic rings. The molecule has 0 aliphatic carbocycles. The highest BCUT2D eigenvalue weighted by molar-refractivity contribution is 5.71. The molecule has 64 heavy (non-hydrogen) atoms.